The van der Waals surface area contributed by atoms with Crippen LogP contribution in [0.25, 0.3) is 0 Å². The van der Waals surface area contributed by atoms with Crippen molar-refractivity contribution in [2.45, 2.75) is 44.8 Å². The number of aromatic nitrogens is 1. The predicted molar refractivity (Wildman–Crippen MR) is 289 cm³/mol. The lowest BCUT2D eigenvalue weighted by molar-refractivity contribution is -0.145. The molecule has 2 aromatic carbocycles. The number of aliphatic hydroxyl groups excluding tert-OH is 2. The van der Waals surface area contributed by atoms with E-state index in [0.717, 1.165) is 0 Å². The molecule has 1 aliphatic rings. The van der Waals surface area contributed by atoms with E-state index in [1.165, 1.54) is 16.8 Å². The Bertz CT molecular complexity index is 2580. The molecule has 1 unspecified atom stereocenters. The zero-order valence-corrected chi connectivity index (χ0v) is 45.8. The summed E-state index contributed by atoms with van der Waals surface area (Å²) in [6, 6.07) is 7.90. The van der Waals surface area contributed by atoms with Crippen LogP contribution in [0.4, 0.5) is 10.5 Å². The van der Waals surface area contributed by atoms with Gasteiger partial charge in [-0.2, -0.15) is 0 Å². The minimum atomic E-state index is -1.24. The monoisotopic (exact) mass is 1160 g/mol. The number of nitrogens with one attached hydrogen (secondary N) is 3. The van der Waals surface area contributed by atoms with E-state index in [1.54, 1.807) is 62.9 Å². The predicted octanol–water partition coefficient (Wildman–Crippen LogP) is 0.175. The molecular weight excluding hydrogens is 1090 g/mol. The molecule has 3 amide bonds. The lowest BCUT2D eigenvalue weighted by atomic mass is 10.0. The summed E-state index contributed by atoms with van der Waals surface area (Å²) < 4.78 is 29.7. The SMILES string of the molecule is Cc1cn(Cc2c(Cl)cccc2OCCO)c(=O)c(NC(=O)N[C@@H](CC(=O)O)c2cccc(OCCO)c2)c1OCCOCCOCCNC(=O)CCC(C(=O)O)N1CCN(CC(=O)O)CCN(CC(=O)O)CCN(CC(=O)O)CC1. The number of carboxylic acids is 5. The Balaban J connectivity index is 1.33. The number of hydrogen-bond acceptors (Lipinski definition) is 19. The third-order valence-electron chi connectivity index (χ3n) is 12.4. The van der Waals surface area contributed by atoms with Gasteiger partial charge in [0.15, 0.2) is 11.4 Å². The van der Waals surface area contributed by atoms with Crippen LogP contribution in [0.2, 0.25) is 5.02 Å². The normalized spacial score (nSPS) is 14.8. The number of hydrogen-bond donors (Lipinski definition) is 10. The molecule has 0 saturated carbocycles. The van der Waals surface area contributed by atoms with E-state index >= 15 is 0 Å². The fourth-order valence-corrected chi connectivity index (χ4v) is 8.82. The number of urea groups is 1. The van der Waals surface area contributed by atoms with E-state index in [4.69, 9.17) is 35.3 Å². The van der Waals surface area contributed by atoms with E-state index in [2.05, 4.69) is 16.0 Å². The molecule has 2 atom stereocenters. The van der Waals surface area contributed by atoms with Crippen molar-refractivity contribution < 1.29 is 93.0 Å². The number of ether oxygens (including phenoxy) is 5. The number of aliphatic carboxylic acids is 5. The van der Waals surface area contributed by atoms with Crippen LogP contribution in [0.1, 0.15) is 42.0 Å². The molecule has 448 valence electrons. The Morgan fingerprint density at radius 1 is 0.679 bits per heavy atom. The zero-order chi connectivity index (χ0) is 59.3. The fraction of sp³-hybridized carbons (Fsp3) is 0.538. The summed E-state index contributed by atoms with van der Waals surface area (Å²) in [5.74, 6) is -5.67. The highest BCUT2D eigenvalue weighted by atomic mass is 35.5. The molecule has 3 aromatic rings. The number of carboxylic acid groups (broad SMARTS) is 5. The largest absolute Gasteiger partial charge is 0.491 e. The third kappa shape index (κ3) is 24.2. The minimum absolute atomic E-state index is 0.0161. The molecule has 0 aliphatic carbocycles. The number of pyridine rings is 1. The number of carbonyl (C=O) groups is 7. The number of benzene rings is 2. The van der Waals surface area contributed by atoms with E-state index in [0.29, 0.717) is 28.2 Å². The summed E-state index contributed by atoms with van der Waals surface area (Å²) in [7, 11) is 0. The highest BCUT2D eigenvalue weighted by Crippen LogP contribution is 2.30. The number of aryl methyl sites for hydroxylation is 1. The van der Waals surface area contributed by atoms with Crippen molar-refractivity contribution in [2.75, 3.05) is 143 Å². The van der Waals surface area contributed by atoms with Crippen LogP contribution in [0, 0.1) is 6.92 Å². The summed E-state index contributed by atoms with van der Waals surface area (Å²) >= 11 is 6.54. The Morgan fingerprint density at radius 3 is 1.83 bits per heavy atom. The second-order valence-electron chi connectivity index (χ2n) is 18.5. The second-order valence-corrected chi connectivity index (χ2v) is 18.9. The summed E-state index contributed by atoms with van der Waals surface area (Å²) in [6.07, 6.45) is 0.624. The number of rotatable bonds is 34. The Labute approximate surface area is 471 Å². The van der Waals surface area contributed by atoms with E-state index in [9.17, 15) is 74.1 Å². The van der Waals surface area contributed by atoms with Crippen molar-refractivity contribution >= 4 is 59.1 Å². The third-order valence-corrected chi connectivity index (χ3v) is 12.8. The number of anilines is 1. The highest BCUT2D eigenvalue weighted by Gasteiger charge is 2.29. The van der Waals surface area contributed by atoms with Gasteiger partial charge in [0.2, 0.25) is 5.91 Å². The molecule has 0 spiro atoms. The van der Waals surface area contributed by atoms with E-state index < -0.39 is 65.8 Å². The van der Waals surface area contributed by atoms with Crippen molar-refractivity contribution in [3.05, 3.63) is 80.7 Å². The average molecular weight is 1170 g/mol. The van der Waals surface area contributed by atoms with Crippen LogP contribution in [-0.2, 0) is 44.8 Å². The maximum atomic E-state index is 14.3. The Kier molecular flexibility index (Phi) is 29.1. The fourth-order valence-electron chi connectivity index (χ4n) is 8.59. The van der Waals surface area contributed by atoms with Crippen LogP contribution in [-0.4, -0.2) is 246 Å². The number of amides is 3. The van der Waals surface area contributed by atoms with Gasteiger partial charge in [0.25, 0.3) is 5.56 Å². The molecule has 1 saturated heterocycles. The van der Waals surface area contributed by atoms with Gasteiger partial charge in [-0.15, -0.1) is 0 Å². The van der Waals surface area contributed by atoms with Gasteiger partial charge in [-0.05, 0) is 43.2 Å². The minimum Gasteiger partial charge on any atom is -0.491 e. The quantitative estimate of drug-likeness (QED) is 0.0356. The highest BCUT2D eigenvalue weighted by molar-refractivity contribution is 6.31. The zero-order valence-electron chi connectivity index (χ0n) is 45.0. The number of aliphatic hydroxyl groups is 2. The maximum Gasteiger partial charge on any atom is 0.320 e. The van der Waals surface area contributed by atoms with Gasteiger partial charge >= 0.3 is 35.9 Å². The first kappa shape index (κ1) is 66.4. The van der Waals surface area contributed by atoms with Crippen molar-refractivity contribution in [1.29, 1.82) is 0 Å². The summed E-state index contributed by atoms with van der Waals surface area (Å²) in [6.45, 7) is 0.907. The Morgan fingerprint density at radius 2 is 1.25 bits per heavy atom. The molecule has 28 nitrogen and oxygen atoms in total. The van der Waals surface area contributed by atoms with Crippen LogP contribution in [0.3, 0.4) is 0 Å². The molecule has 4 rings (SSSR count). The molecule has 1 aromatic heterocycles. The molecule has 2 heterocycles. The standard InChI is InChI=1S/C52H73ClN8O20/c1-35-30-61(31-38-39(53)6-3-7-42(38)80-23-20-63)50(73)48(56-52(76)55-40(29-44(65)66)36-4-2-5-37(28-36)79-22-19-62)49(35)81-27-26-78-25-24-77-21-10-54-43(64)9-8-41(51(74)75)60-17-15-58(33-46(69)70)13-11-57(32-45(67)68)12-14-59(16-18-60)34-47(71)72/h2-7,28,30,40-41,62-63H,8-27,29,31-34H2,1H3,(H,54,64)(H,65,66)(H,67,68)(H,69,70)(H,71,72)(H,74,75)(H2,55,56,76)/t40-,41?/m0/s1. The number of carbonyl (C=O) groups excluding carboxylic acids is 2. The lowest BCUT2D eigenvalue weighted by Gasteiger charge is -2.35. The second kappa shape index (κ2) is 35.6. The van der Waals surface area contributed by atoms with Crippen LogP contribution < -0.4 is 35.7 Å². The first-order chi connectivity index (χ1) is 38.8. The van der Waals surface area contributed by atoms with Crippen molar-refractivity contribution in [3.63, 3.8) is 0 Å². The Hall–Kier alpha value is -7.15. The van der Waals surface area contributed by atoms with E-state index in [1.807, 2.05) is 0 Å². The van der Waals surface area contributed by atoms with Gasteiger partial charge < -0.3 is 79.9 Å². The van der Waals surface area contributed by atoms with Crippen LogP contribution in [0.15, 0.2) is 53.5 Å². The number of nitrogens with zero attached hydrogens (tertiary/aromatic N) is 5. The molecule has 81 heavy (non-hydrogen) atoms. The molecule has 0 bridgehead atoms. The molecule has 10 N–H and O–H groups in total. The molecule has 1 aliphatic heterocycles. The van der Waals surface area contributed by atoms with Gasteiger partial charge in [0.05, 0.1) is 78.3 Å². The summed E-state index contributed by atoms with van der Waals surface area (Å²) in [4.78, 5) is 107. The van der Waals surface area contributed by atoms with Crippen LogP contribution in [0.5, 0.6) is 17.2 Å². The first-order valence-electron chi connectivity index (χ1n) is 26.0. The molecule has 0 radical (unpaired) electrons. The average Bonchev–Trinajstić information content (AvgIpc) is 3.41. The molecule has 1 fully saturated rings. The van der Waals surface area contributed by atoms with Gasteiger partial charge in [0, 0.05) is 87.7 Å². The molecule has 29 heteroatoms. The lowest BCUT2D eigenvalue weighted by Crippen LogP contribution is -2.52. The molecular formula is C52H73ClN8O20. The van der Waals surface area contributed by atoms with Crippen molar-refractivity contribution in [1.82, 2.24) is 34.8 Å². The smallest absolute Gasteiger partial charge is 0.320 e. The van der Waals surface area contributed by atoms with Gasteiger partial charge in [-0.3, -0.25) is 53.2 Å². The van der Waals surface area contributed by atoms with Crippen molar-refractivity contribution in [2.24, 2.45) is 0 Å². The topological polar surface area (TPSA) is 378 Å². The van der Waals surface area contributed by atoms with Gasteiger partial charge in [0.1, 0.15) is 37.4 Å². The van der Waals surface area contributed by atoms with Crippen molar-refractivity contribution in [3.8, 4) is 17.2 Å². The van der Waals surface area contributed by atoms with E-state index in [-0.39, 0.29) is 174 Å². The van der Waals surface area contributed by atoms with Gasteiger partial charge in [-0.1, -0.05) is 29.8 Å². The van der Waals surface area contributed by atoms with Gasteiger partial charge in [-0.25, -0.2) is 4.79 Å². The first-order valence-corrected chi connectivity index (χ1v) is 26.4. The number of halogens is 1. The summed E-state index contributed by atoms with van der Waals surface area (Å²) in [5, 5.41) is 75.2. The van der Waals surface area contributed by atoms with Crippen LogP contribution >= 0.6 is 11.6 Å². The summed E-state index contributed by atoms with van der Waals surface area (Å²) in [5.41, 5.74) is 0.134. The maximum absolute atomic E-state index is 14.3.